The average Bonchev–Trinajstić information content (AvgIpc) is 2.78. The Kier molecular flexibility index (Phi) is 4.65. The first-order valence-electron chi connectivity index (χ1n) is 6.80. The Morgan fingerprint density at radius 3 is 2.43 bits per heavy atom. The van der Waals surface area contributed by atoms with Gasteiger partial charge in [0.15, 0.2) is 0 Å². The third-order valence-electron chi connectivity index (χ3n) is 3.84. The average molecular weight is 311 g/mol. The van der Waals surface area contributed by atoms with Crippen molar-refractivity contribution in [1.82, 2.24) is 9.80 Å². The Balaban J connectivity index is 2.14. The largest absolute Gasteiger partial charge is 0.339 e. The molecule has 0 spiro atoms. The molecule has 2 atom stereocenters. The number of nitrogens with zero attached hydrogens (tertiary/aromatic N) is 2. The molecular weight excluding hydrogens is 290 g/mol. The van der Waals surface area contributed by atoms with Gasteiger partial charge in [-0.1, -0.05) is 30.3 Å². The minimum atomic E-state index is -3.67. The number of likely N-dealkylation sites (tertiary alicyclic amines) is 1. The van der Waals surface area contributed by atoms with Gasteiger partial charge in [0.1, 0.15) is 5.25 Å². The Labute approximate surface area is 125 Å². The smallest absolute Gasteiger partial charge is 0.224 e. The van der Waals surface area contributed by atoms with Crippen LogP contribution in [0.2, 0.25) is 0 Å². The molecule has 0 radical (unpaired) electrons. The van der Waals surface area contributed by atoms with Crippen molar-refractivity contribution in [3.05, 3.63) is 35.9 Å². The number of primary sulfonamides is 1. The van der Waals surface area contributed by atoms with Crippen molar-refractivity contribution in [2.24, 2.45) is 5.14 Å². The summed E-state index contributed by atoms with van der Waals surface area (Å²) >= 11 is 0. The monoisotopic (exact) mass is 311 g/mol. The highest BCUT2D eigenvalue weighted by Crippen LogP contribution is 2.23. The van der Waals surface area contributed by atoms with Crippen molar-refractivity contribution < 1.29 is 13.2 Å². The van der Waals surface area contributed by atoms with Gasteiger partial charge >= 0.3 is 0 Å². The Bertz CT molecular complexity index is 601. The van der Waals surface area contributed by atoms with Gasteiger partial charge < -0.3 is 9.80 Å². The predicted octanol–water partition coefficient (Wildman–Crippen LogP) is 0.179. The third-order valence-corrected chi connectivity index (χ3v) is 5.09. The zero-order valence-electron chi connectivity index (χ0n) is 12.3. The van der Waals surface area contributed by atoms with E-state index in [0.717, 1.165) is 5.56 Å². The van der Waals surface area contributed by atoms with Crippen LogP contribution in [0.15, 0.2) is 30.3 Å². The Morgan fingerprint density at radius 2 is 1.95 bits per heavy atom. The molecule has 0 aliphatic carbocycles. The maximum atomic E-state index is 12.0. The van der Waals surface area contributed by atoms with Crippen molar-refractivity contribution in [3.8, 4) is 0 Å². The molecule has 1 saturated heterocycles. The zero-order valence-corrected chi connectivity index (χ0v) is 13.1. The Morgan fingerprint density at radius 1 is 1.33 bits per heavy atom. The van der Waals surface area contributed by atoms with Gasteiger partial charge in [0, 0.05) is 19.5 Å². The molecule has 1 fully saturated rings. The first-order chi connectivity index (χ1) is 9.79. The van der Waals surface area contributed by atoms with E-state index < -0.39 is 15.3 Å². The quantitative estimate of drug-likeness (QED) is 0.841. The van der Waals surface area contributed by atoms with Crippen molar-refractivity contribution in [3.63, 3.8) is 0 Å². The fraction of sp³-hybridized carbons (Fsp3) is 0.500. The number of hydrogen-bond acceptors (Lipinski definition) is 4. The lowest BCUT2D eigenvalue weighted by molar-refractivity contribution is -0.128. The third kappa shape index (κ3) is 3.81. The number of rotatable bonds is 5. The fourth-order valence-electron chi connectivity index (χ4n) is 2.58. The molecule has 2 unspecified atom stereocenters. The number of nitrogens with two attached hydrogens (primary N) is 1. The first-order valence-corrected chi connectivity index (χ1v) is 8.40. The molecule has 6 nitrogen and oxygen atoms in total. The highest BCUT2D eigenvalue weighted by Gasteiger charge is 2.37. The van der Waals surface area contributed by atoms with E-state index in [0.29, 0.717) is 6.54 Å². The topological polar surface area (TPSA) is 83.7 Å². The van der Waals surface area contributed by atoms with E-state index in [-0.39, 0.29) is 24.9 Å². The fourth-order valence-corrected chi connectivity index (χ4v) is 3.35. The van der Waals surface area contributed by atoms with Gasteiger partial charge in [-0.3, -0.25) is 4.79 Å². The van der Waals surface area contributed by atoms with Crippen molar-refractivity contribution in [1.29, 1.82) is 0 Å². The maximum Gasteiger partial charge on any atom is 0.224 e. The molecule has 7 heteroatoms. The molecule has 1 heterocycles. The molecule has 1 aliphatic heterocycles. The molecular formula is C14H21N3O3S. The van der Waals surface area contributed by atoms with Gasteiger partial charge in [0.2, 0.25) is 15.9 Å². The van der Waals surface area contributed by atoms with Crippen LogP contribution in [0.5, 0.6) is 0 Å². The van der Waals surface area contributed by atoms with E-state index in [1.165, 1.54) is 0 Å². The van der Waals surface area contributed by atoms with Gasteiger partial charge in [0.05, 0.1) is 6.04 Å². The summed E-state index contributed by atoms with van der Waals surface area (Å²) in [4.78, 5) is 15.6. The molecule has 1 aliphatic rings. The summed E-state index contributed by atoms with van der Waals surface area (Å²) in [6, 6.07) is 9.86. The summed E-state index contributed by atoms with van der Waals surface area (Å²) in [5.74, 6) is -0.156. The number of amides is 1. The van der Waals surface area contributed by atoms with Gasteiger partial charge in [-0.15, -0.1) is 0 Å². The van der Waals surface area contributed by atoms with Crippen LogP contribution in [-0.4, -0.2) is 56.6 Å². The molecule has 1 aromatic rings. The SMILES string of the molecule is CN(C)C(CN1CC(S(N)(=O)=O)CC1=O)c1ccccc1. The number of likely N-dealkylation sites (N-methyl/N-ethyl adjacent to an activating group) is 1. The van der Waals surface area contributed by atoms with Crippen LogP contribution in [-0.2, 0) is 14.8 Å². The molecule has 116 valence electrons. The van der Waals surface area contributed by atoms with Crippen LogP contribution in [0.25, 0.3) is 0 Å². The van der Waals surface area contributed by atoms with Crippen LogP contribution >= 0.6 is 0 Å². The predicted molar refractivity (Wildman–Crippen MR) is 81.0 cm³/mol. The molecule has 2 N–H and O–H groups in total. The highest BCUT2D eigenvalue weighted by atomic mass is 32.2. The van der Waals surface area contributed by atoms with Crippen LogP contribution in [0.1, 0.15) is 18.0 Å². The van der Waals surface area contributed by atoms with E-state index in [1.54, 1.807) is 4.90 Å². The van der Waals surface area contributed by atoms with E-state index in [2.05, 4.69) is 0 Å². The van der Waals surface area contributed by atoms with Crippen LogP contribution in [0.3, 0.4) is 0 Å². The summed E-state index contributed by atoms with van der Waals surface area (Å²) < 4.78 is 22.8. The van der Waals surface area contributed by atoms with Crippen LogP contribution in [0, 0.1) is 0 Å². The second-order valence-corrected chi connectivity index (χ2v) is 7.45. The molecule has 0 bridgehead atoms. The summed E-state index contributed by atoms with van der Waals surface area (Å²) in [6.45, 7) is 0.636. The second-order valence-electron chi connectivity index (χ2n) is 5.60. The second kappa shape index (κ2) is 6.13. The van der Waals surface area contributed by atoms with Gasteiger partial charge in [0.25, 0.3) is 0 Å². The highest BCUT2D eigenvalue weighted by molar-refractivity contribution is 7.89. The van der Waals surface area contributed by atoms with Crippen molar-refractivity contribution in [2.75, 3.05) is 27.2 Å². The summed E-state index contributed by atoms with van der Waals surface area (Å²) in [5, 5.41) is 4.36. The number of carbonyl (C=O) groups excluding carboxylic acids is 1. The molecule has 21 heavy (non-hydrogen) atoms. The minimum absolute atomic E-state index is 0.0201. The Hall–Kier alpha value is -1.44. The molecule has 0 saturated carbocycles. The standard InChI is InChI=1S/C14H21N3O3S/c1-16(2)13(11-6-4-3-5-7-11)10-17-9-12(8-14(17)18)21(15,19)20/h3-7,12-13H,8-10H2,1-2H3,(H2,15,19,20). The number of carbonyl (C=O) groups is 1. The van der Waals surface area contributed by atoms with Crippen LogP contribution < -0.4 is 5.14 Å². The van der Waals surface area contributed by atoms with Crippen LogP contribution in [0.4, 0.5) is 0 Å². The number of sulfonamides is 1. The lowest BCUT2D eigenvalue weighted by Gasteiger charge is -2.29. The summed E-state index contributed by atoms with van der Waals surface area (Å²) in [7, 11) is 0.215. The van der Waals surface area contributed by atoms with E-state index in [4.69, 9.17) is 5.14 Å². The van der Waals surface area contributed by atoms with E-state index >= 15 is 0 Å². The lowest BCUT2D eigenvalue weighted by Crippen LogP contribution is -2.37. The van der Waals surface area contributed by atoms with Gasteiger partial charge in [-0.05, 0) is 19.7 Å². The van der Waals surface area contributed by atoms with Crippen molar-refractivity contribution >= 4 is 15.9 Å². The molecule has 2 rings (SSSR count). The summed E-state index contributed by atoms with van der Waals surface area (Å²) in [6.07, 6.45) is -0.0201. The van der Waals surface area contributed by atoms with E-state index in [9.17, 15) is 13.2 Å². The van der Waals surface area contributed by atoms with Gasteiger partial charge in [-0.2, -0.15) is 0 Å². The first kappa shape index (κ1) is 15.9. The summed E-state index contributed by atoms with van der Waals surface area (Å²) in [5.41, 5.74) is 1.09. The normalized spacial score (nSPS) is 21.0. The number of benzene rings is 1. The lowest BCUT2D eigenvalue weighted by atomic mass is 10.1. The molecule has 1 amide bonds. The van der Waals surface area contributed by atoms with Crippen molar-refractivity contribution in [2.45, 2.75) is 17.7 Å². The number of hydrogen-bond donors (Lipinski definition) is 1. The minimum Gasteiger partial charge on any atom is -0.339 e. The molecule has 1 aromatic carbocycles. The molecule has 0 aromatic heterocycles. The maximum absolute atomic E-state index is 12.0. The van der Waals surface area contributed by atoms with Gasteiger partial charge in [-0.25, -0.2) is 13.6 Å². The zero-order chi connectivity index (χ0) is 15.6. The van der Waals surface area contributed by atoms with E-state index in [1.807, 2.05) is 49.3 Å².